The first kappa shape index (κ1) is 19.4. The summed E-state index contributed by atoms with van der Waals surface area (Å²) in [5.41, 5.74) is 9.62. The molecule has 31 heavy (non-hydrogen) atoms. The lowest BCUT2D eigenvalue weighted by Crippen LogP contribution is -2.31. The van der Waals surface area contributed by atoms with Crippen LogP contribution in [0, 0.1) is 0 Å². The SMILES string of the molecule is Nc1ccc(C(=O)N2CC[C@H](Nc3ncc(Cl)c(-c4c[nH]c5ccccc45)n3)C2)cc1. The number of rotatable bonds is 4. The largest absolute Gasteiger partial charge is 0.399 e. The number of benzene rings is 2. The Balaban J connectivity index is 1.33. The van der Waals surface area contributed by atoms with Crippen LogP contribution in [-0.4, -0.2) is 44.9 Å². The van der Waals surface area contributed by atoms with E-state index < -0.39 is 0 Å². The second-order valence-corrected chi connectivity index (χ2v) is 8.05. The van der Waals surface area contributed by atoms with Gasteiger partial charge in [0.05, 0.1) is 16.9 Å². The van der Waals surface area contributed by atoms with Gasteiger partial charge in [0.2, 0.25) is 5.95 Å². The third kappa shape index (κ3) is 3.80. The number of aromatic nitrogens is 3. The van der Waals surface area contributed by atoms with Gasteiger partial charge in [-0.3, -0.25) is 4.79 Å². The number of nitrogens with zero attached hydrogens (tertiary/aromatic N) is 3. The smallest absolute Gasteiger partial charge is 0.253 e. The van der Waals surface area contributed by atoms with Crippen molar-refractivity contribution < 1.29 is 4.79 Å². The van der Waals surface area contributed by atoms with Crippen LogP contribution in [0.25, 0.3) is 22.2 Å². The number of nitrogens with two attached hydrogens (primary N) is 1. The van der Waals surface area contributed by atoms with Gasteiger partial charge in [0, 0.05) is 53.0 Å². The minimum atomic E-state index is 0.000746. The zero-order valence-corrected chi connectivity index (χ0v) is 17.4. The zero-order chi connectivity index (χ0) is 21.4. The number of nitrogens with one attached hydrogen (secondary N) is 2. The van der Waals surface area contributed by atoms with Crippen LogP contribution >= 0.6 is 11.6 Å². The lowest BCUT2D eigenvalue weighted by molar-refractivity contribution is 0.0791. The van der Waals surface area contributed by atoms with Gasteiger partial charge in [-0.25, -0.2) is 9.97 Å². The Morgan fingerprint density at radius 2 is 2.00 bits per heavy atom. The topological polar surface area (TPSA) is 99.9 Å². The number of hydrogen-bond donors (Lipinski definition) is 3. The Morgan fingerprint density at radius 1 is 1.19 bits per heavy atom. The van der Waals surface area contributed by atoms with E-state index in [1.165, 1.54) is 0 Å². The normalized spacial score (nSPS) is 16.0. The maximum Gasteiger partial charge on any atom is 0.253 e. The highest BCUT2D eigenvalue weighted by atomic mass is 35.5. The highest BCUT2D eigenvalue weighted by molar-refractivity contribution is 6.33. The summed E-state index contributed by atoms with van der Waals surface area (Å²) in [5, 5.41) is 4.90. The van der Waals surface area contributed by atoms with Crippen molar-refractivity contribution in [2.24, 2.45) is 0 Å². The van der Waals surface area contributed by atoms with Gasteiger partial charge in [-0.1, -0.05) is 29.8 Å². The number of hydrogen-bond acceptors (Lipinski definition) is 5. The first-order valence-electron chi connectivity index (χ1n) is 10.1. The molecule has 5 rings (SSSR count). The van der Waals surface area contributed by atoms with Crippen LogP contribution in [-0.2, 0) is 0 Å². The van der Waals surface area contributed by atoms with Crippen molar-refractivity contribution in [1.29, 1.82) is 0 Å². The number of anilines is 2. The molecule has 1 fully saturated rings. The molecule has 2 aromatic heterocycles. The van der Waals surface area contributed by atoms with Crippen molar-refractivity contribution in [2.45, 2.75) is 12.5 Å². The minimum Gasteiger partial charge on any atom is -0.399 e. The molecule has 156 valence electrons. The molecular weight excluding hydrogens is 412 g/mol. The van der Waals surface area contributed by atoms with Crippen molar-refractivity contribution in [3.8, 4) is 11.3 Å². The third-order valence-corrected chi connectivity index (χ3v) is 5.83. The van der Waals surface area contributed by atoms with Crippen molar-refractivity contribution in [1.82, 2.24) is 19.9 Å². The minimum absolute atomic E-state index is 0.000746. The Morgan fingerprint density at radius 3 is 2.84 bits per heavy atom. The summed E-state index contributed by atoms with van der Waals surface area (Å²) >= 11 is 6.42. The quantitative estimate of drug-likeness (QED) is 0.420. The van der Waals surface area contributed by atoms with Gasteiger partial charge in [-0.05, 0) is 36.8 Å². The molecule has 1 saturated heterocycles. The maximum absolute atomic E-state index is 12.7. The summed E-state index contributed by atoms with van der Waals surface area (Å²) in [6, 6.07) is 15.1. The summed E-state index contributed by atoms with van der Waals surface area (Å²) in [4.78, 5) is 26.8. The second-order valence-electron chi connectivity index (χ2n) is 7.64. The molecule has 0 unspecified atom stereocenters. The number of likely N-dealkylation sites (tertiary alicyclic amines) is 1. The molecule has 2 aromatic carbocycles. The Bertz CT molecular complexity index is 1250. The zero-order valence-electron chi connectivity index (χ0n) is 16.7. The molecule has 8 heteroatoms. The number of halogens is 1. The fourth-order valence-corrected chi connectivity index (χ4v) is 4.14. The molecule has 1 aliphatic rings. The van der Waals surface area contributed by atoms with Crippen LogP contribution in [0.1, 0.15) is 16.8 Å². The molecule has 0 radical (unpaired) electrons. The standard InChI is InChI=1S/C23H21ClN6O/c24-19-12-27-23(29-21(19)18-11-26-20-4-2-1-3-17(18)20)28-16-9-10-30(13-16)22(31)14-5-7-15(25)8-6-14/h1-8,11-12,16,26H,9-10,13,25H2,(H,27,28,29)/t16-/m0/s1. The van der Waals surface area contributed by atoms with E-state index in [-0.39, 0.29) is 11.9 Å². The first-order valence-corrected chi connectivity index (χ1v) is 10.5. The van der Waals surface area contributed by atoms with Gasteiger partial charge < -0.3 is 20.9 Å². The maximum atomic E-state index is 12.7. The van der Waals surface area contributed by atoms with E-state index in [1.807, 2.05) is 35.4 Å². The molecule has 0 saturated carbocycles. The van der Waals surface area contributed by atoms with E-state index in [1.54, 1.807) is 30.5 Å². The molecular formula is C23H21ClN6O. The molecule has 4 N–H and O–H groups in total. The summed E-state index contributed by atoms with van der Waals surface area (Å²) in [6.07, 6.45) is 4.33. The van der Waals surface area contributed by atoms with Gasteiger partial charge in [0.1, 0.15) is 0 Å². The van der Waals surface area contributed by atoms with E-state index in [0.29, 0.717) is 41.0 Å². The van der Waals surface area contributed by atoms with Gasteiger partial charge in [0.25, 0.3) is 5.91 Å². The Kier molecular flexibility index (Phi) is 4.95. The summed E-state index contributed by atoms with van der Waals surface area (Å²) in [6.45, 7) is 1.25. The lowest BCUT2D eigenvalue weighted by atomic mass is 10.1. The lowest BCUT2D eigenvalue weighted by Gasteiger charge is -2.17. The van der Waals surface area contributed by atoms with E-state index in [4.69, 9.17) is 17.3 Å². The summed E-state index contributed by atoms with van der Waals surface area (Å²) in [5.74, 6) is 0.497. The average molecular weight is 433 g/mol. The molecule has 1 amide bonds. The molecule has 7 nitrogen and oxygen atoms in total. The van der Waals surface area contributed by atoms with E-state index in [9.17, 15) is 4.79 Å². The number of H-pyrrole nitrogens is 1. The number of aromatic amines is 1. The van der Waals surface area contributed by atoms with Crippen molar-refractivity contribution in [3.63, 3.8) is 0 Å². The van der Waals surface area contributed by atoms with Crippen molar-refractivity contribution in [3.05, 3.63) is 71.5 Å². The fourth-order valence-electron chi connectivity index (χ4n) is 3.95. The fraction of sp³-hybridized carbons (Fsp3) is 0.174. The summed E-state index contributed by atoms with van der Waals surface area (Å²) < 4.78 is 0. The van der Waals surface area contributed by atoms with Crippen molar-refractivity contribution in [2.75, 3.05) is 24.1 Å². The van der Waals surface area contributed by atoms with E-state index in [2.05, 4.69) is 20.3 Å². The van der Waals surface area contributed by atoms with Crippen LogP contribution in [0.2, 0.25) is 5.02 Å². The molecule has 0 spiro atoms. The molecule has 3 heterocycles. The predicted molar refractivity (Wildman–Crippen MR) is 123 cm³/mol. The highest BCUT2D eigenvalue weighted by Gasteiger charge is 2.27. The average Bonchev–Trinajstić information content (AvgIpc) is 3.42. The third-order valence-electron chi connectivity index (χ3n) is 5.55. The number of amides is 1. The molecule has 4 aromatic rings. The van der Waals surface area contributed by atoms with Crippen LogP contribution in [0.3, 0.4) is 0 Å². The molecule has 1 aliphatic heterocycles. The van der Waals surface area contributed by atoms with Gasteiger partial charge in [-0.2, -0.15) is 0 Å². The molecule has 0 bridgehead atoms. The molecule has 1 atom stereocenters. The van der Waals surface area contributed by atoms with Gasteiger partial charge in [0.15, 0.2) is 0 Å². The Hall–Kier alpha value is -3.58. The predicted octanol–water partition coefficient (Wildman–Crippen LogP) is 4.19. The van der Waals surface area contributed by atoms with Crippen LogP contribution in [0.5, 0.6) is 0 Å². The number of carbonyl (C=O) groups excluding carboxylic acids is 1. The van der Waals surface area contributed by atoms with E-state index in [0.717, 1.165) is 22.9 Å². The van der Waals surface area contributed by atoms with Gasteiger partial charge >= 0.3 is 0 Å². The van der Waals surface area contributed by atoms with Gasteiger partial charge in [-0.15, -0.1) is 0 Å². The number of nitrogen functional groups attached to an aromatic ring is 1. The first-order chi connectivity index (χ1) is 15.1. The number of para-hydroxylation sites is 1. The van der Waals surface area contributed by atoms with Crippen LogP contribution < -0.4 is 11.1 Å². The van der Waals surface area contributed by atoms with Crippen molar-refractivity contribution >= 4 is 40.0 Å². The monoisotopic (exact) mass is 432 g/mol. The Labute approximate surface area is 184 Å². The number of carbonyl (C=O) groups is 1. The van der Waals surface area contributed by atoms with Crippen LogP contribution in [0.15, 0.2) is 60.9 Å². The summed E-state index contributed by atoms with van der Waals surface area (Å²) in [7, 11) is 0. The molecule has 0 aliphatic carbocycles. The highest BCUT2D eigenvalue weighted by Crippen LogP contribution is 2.32. The second kappa shape index (κ2) is 7.92. The van der Waals surface area contributed by atoms with E-state index >= 15 is 0 Å². The number of fused-ring (bicyclic) bond motifs is 1. The van der Waals surface area contributed by atoms with Crippen LogP contribution in [0.4, 0.5) is 11.6 Å².